The van der Waals surface area contributed by atoms with Gasteiger partial charge < -0.3 is 14.6 Å². The molecule has 1 aliphatic rings. The maximum Gasteiger partial charge on any atom is 0.338 e. The first-order chi connectivity index (χ1) is 13.3. The maximum absolute atomic E-state index is 12.3. The normalized spacial score (nSPS) is 15.3. The molecule has 0 atom stereocenters. The van der Waals surface area contributed by atoms with Crippen molar-refractivity contribution in [3.8, 4) is 5.69 Å². The molecular weight excluding hydrogens is 358 g/mol. The summed E-state index contributed by atoms with van der Waals surface area (Å²) in [4.78, 5) is 37.4. The zero-order valence-electron chi connectivity index (χ0n) is 16.6. The molecule has 28 heavy (non-hydrogen) atoms. The lowest BCUT2D eigenvalue weighted by Gasteiger charge is -2.15. The average Bonchev–Trinajstić information content (AvgIpc) is 3.09. The Morgan fingerprint density at radius 2 is 1.93 bits per heavy atom. The number of hydrogen-bond acceptors (Lipinski definition) is 4. The van der Waals surface area contributed by atoms with E-state index in [-0.39, 0.29) is 17.6 Å². The Morgan fingerprint density at radius 3 is 2.54 bits per heavy atom. The highest BCUT2D eigenvalue weighted by Crippen LogP contribution is 2.27. The van der Waals surface area contributed by atoms with Crippen molar-refractivity contribution in [1.29, 1.82) is 0 Å². The zero-order chi connectivity index (χ0) is 20.6. The number of nitrogens with one attached hydrogen (secondary N) is 1. The summed E-state index contributed by atoms with van der Waals surface area (Å²) in [5.74, 6) is -0.718. The predicted octanol–water partition coefficient (Wildman–Crippen LogP) is 3.10. The highest BCUT2D eigenvalue weighted by molar-refractivity contribution is 6.14. The lowest BCUT2D eigenvalue weighted by Crippen LogP contribution is -2.30. The first-order valence-electron chi connectivity index (χ1n) is 9.01. The third-order valence-corrected chi connectivity index (χ3v) is 5.00. The van der Waals surface area contributed by atoms with Gasteiger partial charge >= 0.3 is 12.0 Å². The first kappa shape index (κ1) is 19.4. The van der Waals surface area contributed by atoms with Gasteiger partial charge in [0, 0.05) is 23.6 Å². The highest BCUT2D eigenvalue weighted by Gasteiger charge is 2.32. The molecule has 0 spiro atoms. The van der Waals surface area contributed by atoms with Crippen molar-refractivity contribution in [2.75, 3.05) is 13.7 Å². The van der Waals surface area contributed by atoms with Crippen LogP contribution in [0.15, 0.2) is 30.0 Å². The lowest BCUT2D eigenvalue weighted by atomic mass is 10.1. The topological polar surface area (TPSA) is 80.6 Å². The second-order valence-electron chi connectivity index (χ2n) is 6.64. The Morgan fingerprint density at radius 1 is 1.21 bits per heavy atom. The summed E-state index contributed by atoms with van der Waals surface area (Å²) in [6, 6.07) is 7.01. The highest BCUT2D eigenvalue weighted by atomic mass is 16.5. The number of carbonyl (C=O) groups is 3. The predicted molar refractivity (Wildman–Crippen MR) is 105 cm³/mol. The van der Waals surface area contributed by atoms with E-state index in [1.165, 1.54) is 7.11 Å². The van der Waals surface area contributed by atoms with E-state index in [0.29, 0.717) is 12.1 Å². The van der Waals surface area contributed by atoms with Gasteiger partial charge in [0.05, 0.1) is 12.7 Å². The number of benzene rings is 1. The fraction of sp³-hybridized carbons (Fsp3) is 0.286. The van der Waals surface area contributed by atoms with Crippen molar-refractivity contribution in [3.05, 3.63) is 58.0 Å². The largest absolute Gasteiger partial charge is 0.465 e. The first-order valence-corrected chi connectivity index (χ1v) is 9.01. The van der Waals surface area contributed by atoms with Crippen molar-refractivity contribution in [1.82, 2.24) is 14.8 Å². The van der Waals surface area contributed by atoms with Crippen LogP contribution in [0, 0.1) is 20.8 Å². The molecule has 7 heteroatoms. The van der Waals surface area contributed by atoms with E-state index < -0.39 is 6.03 Å². The molecule has 3 rings (SSSR count). The Bertz CT molecular complexity index is 1020. The number of amides is 3. The van der Waals surface area contributed by atoms with Gasteiger partial charge in [0.25, 0.3) is 5.91 Å². The second-order valence-corrected chi connectivity index (χ2v) is 6.64. The molecular formula is C21H23N3O4. The van der Waals surface area contributed by atoms with Gasteiger partial charge in [0.2, 0.25) is 0 Å². The van der Waals surface area contributed by atoms with Crippen LogP contribution in [-0.4, -0.2) is 41.0 Å². The smallest absolute Gasteiger partial charge is 0.338 e. The summed E-state index contributed by atoms with van der Waals surface area (Å²) in [6.07, 6.45) is 1.69. The zero-order valence-corrected chi connectivity index (χ0v) is 16.6. The van der Waals surface area contributed by atoms with Crippen LogP contribution in [-0.2, 0) is 9.53 Å². The monoisotopic (exact) mass is 381 g/mol. The standard InChI is InChI=1S/C21H23N3O4/c1-6-23-19(25)17(22-21(23)27)11-15-10-12(2)24(14(15)4)18-9-7-8-16(13(18)3)20(26)28-5/h7-11H,6H2,1-5H3,(H,22,27)/b17-11+. The van der Waals surface area contributed by atoms with Crippen molar-refractivity contribution >= 4 is 24.0 Å². The molecule has 0 unspecified atom stereocenters. The van der Waals surface area contributed by atoms with Gasteiger partial charge in [0.1, 0.15) is 5.70 Å². The molecule has 146 valence electrons. The molecule has 1 aromatic heterocycles. The molecule has 0 radical (unpaired) electrons. The second kappa shape index (κ2) is 7.34. The van der Waals surface area contributed by atoms with Crippen molar-refractivity contribution in [3.63, 3.8) is 0 Å². The fourth-order valence-electron chi connectivity index (χ4n) is 3.52. The van der Waals surface area contributed by atoms with Crippen LogP contribution >= 0.6 is 0 Å². The summed E-state index contributed by atoms with van der Waals surface area (Å²) in [7, 11) is 1.36. The number of carbonyl (C=O) groups excluding carboxylic acids is 3. The number of methoxy groups -OCH3 is 1. The number of imide groups is 1. The SMILES string of the molecule is CCN1C(=O)N/C(=C/c2cc(C)n(-c3cccc(C(=O)OC)c3C)c2C)C1=O. The summed E-state index contributed by atoms with van der Waals surface area (Å²) in [5.41, 5.74) is 5.08. The van der Waals surface area contributed by atoms with Crippen LogP contribution < -0.4 is 5.32 Å². The summed E-state index contributed by atoms with van der Waals surface area (Å²) in [5, 5.41) is 2.62. The van der Waals surface area contributed by atoms with Gasteiger partial charge in [-0.2, -0.15) is 0 Å². The molecule has 1 aliphatic heterocycles. The van der Waals surface area contributed by atoms with Crippen LogP contribution in [0.1, 0.15) is 39.8 Å². The molecule has 0 aliphatic carbocycles. The molecule has 1 fully saturated rings. The molecule has 3 amide bonds. The molecule has 7 nitrogen and oxygen atoms in total. The quantitative estimate of drug-likeness (QED) is 0.501. The van der Waals surface area contributed by atoms with E-state index in [1.54, 1.807) is 19.1 Å². The van der Waals surface area contributed by atoms with Crippen LogP contribution in [0.5, 0.6) is 0 Å². The molecule has 0 saturated carbocycles. The lowest BCUT2D eigenvalue weighted by molar-refractivity contribution is -0.122. The van der Waals surface area contributed by atoms with E-state index in [9.17, 15) is 14.4 Å². The van der Waals surface area contributed by atoms with Crippen LogP contribution in [0.3, 0.4) is 0 Å². The van der Waals surface area contributed by atoms with Crippen molar-refractivity contribution in [2.24, 2.45) is 0 Å². The van der Waals surface area contributed by atoms with Crippen LogP contribution in [0.4, 0.5) is 4.79 Å². The van der Waals surface area contributed by atoms with E-state index in [2.05, 4.69) is 5.32 Å². The van der Waals surface area contributed by atoms with E-state index >= 15 is 0 Å². The third kappa shape index (κ3) is 3.09. The number of urea groups is 1. The number of ether oxygens (including phenoxy) is 1. The fourth-order valence-corrected chi connectivity index (χ4v) is 3.52. The average molecular weight is 381 g/mol. The summed E-state index contributed by atoms with van der Waals surface area (Å²) in [6.45, 7) is 7.83. The van der Waals surface area contributed by atoms with E-state index in [1.807, 2.05) is 43.5 Å². The number of hydrogen-bond donors (Lipinski definition) is 1. The molecule has 1 N–H and O–H groups in total. The van der Waals surface area contributed by atoms with E-state index in [4.69, 9.17) is 4.74 Å². The van der Waals surface area contributed by atoms with Gasteiger partial charge in [-0.1, -0.05) is 6.07 Å². The van der Waals surface area contributed by atoms with Crippen molar-refractivity contribution < 1.29 is 19.1 Å². The molecule has 2 heterocycles. The number of likely N-dealkylation sites (N-methyl/N-ethyl adjacent to an activating group) is 1. The minimum atomic E-state index is -0.408. The molecule has 2 aromatic rings. The minimum Gasteiger partial charge on any atom is -0.465 e. The third-order valence-electron chi connectivity index (χ3n) is 5.00. The Balaban J connectivity index is 2.08. The number of rotatable bonds is 4. The summed E-state index contributed by atoms with van der Waals surface area (Å²) < 4.78 is 6.89. The van der Waals surface area contributed by atoms with Gasteiger partial charge in [-0.05, 0) is 63.1 Å². The van der Waals surface area contributed by atoms with E-state index in [0.717, 1.165) is 33.1 Å². The van der Waals surface area contributed by atoms with Crippen molar-refractivity contribution in [2.45, 2.75) is 27.7 Å². The van der Waals surface area contributed by atoms with Gasteiger partial charge in [-0.25, -0.2) is 9.59 Å². The number of nitrogens with zero attached hydrogens (tertiary/aromatic N) is 2. The Labute approximate surface area is 163 Å². The van der Waals surface area contributed by atoms with Crippen LogP contribution in [0.2, 0.25) is 0 Å². The molecule has 1 aromatic carbocycles. The Hall–Kier alpha value is -3.35. The summed E-state index contributed by atoms with van der Waals surface area (Å²) >= 11 is 0. The number of aromatic nitrogens is 1. The van der Waals surface area contributed by atoms with Gasteiger partial charge in [0.15, 0.2) is 0 Å². The maximum atomic E-state index is 12.3. The Kier molecular flexibility index (Phi) is 5.09. The minimum absolute atomic E-state index is 0.257. The van der Waals surface area contributed by atoms with Gasteiger partial charge in [-0.15, -0.1) is 0 Å². The molecule has 0 bridgehead atoms. The van der Waals surface area contributed by atoms with Gasteiger partial charge in [-0.3, -0.25) is 9.69 Å². The number of aryl methyl sites for hydroxylation is 1. The van der Waals surface area contributed by atoms with Crippen LogP contribution in [0.25, 0.3) is 11.8 Å². The number of esters is 1. The molecule has 1 saturated heterocycles.